The highest BCUT2D eigenvalue weighted by Crippen LogP contribution is 2.24. The fraction of sp³-hybridized carbons (Fsp3) is 0.583. The molecule has 5 heteroatoms. The summed E-state index contributed by atoms with van der Waals surface area (Å²) in [6.07, 6.45) is 3.54. The molecule has 1 aliphatic rings. The molecule has 94 valence electrons. The molecule has 5 nitrogen and oxygen atoms in total. The molecule has 1 aromatic rings. The number of rotatable bonds is 3. The zero-order valence-electron chi connectivity index (χ0n) is 10.2. The molecule has 1 atom stereocenters. The Hall–Kier alpha value is -1.17. The second-order valence-corrected chi connectivity index (χ2v) is 4.51. The van der Waals surface area contributed by atoms with Crippen LogP contribution in [0.1, 0.15) is 11.6 Å². The van der Waals surface area contributed by atoms with E-state index in [4.69, 9.17) is 5.73 Å². The van der Waals surface area contributed by atoms with Crippen molar-refractivity contribution in [1.29, 1.82) is 0 Å². The minimum atomic E-state index is -0.349. The number of hydrogen-bond acceptors (Lipinski definition) is 5. The predicted octanol–water partition coefficient (Wildman–Crippen LogP) is -0.175. The fourth-order valence-corrected chi connectivity index (χ4v) is 2.12. The number of likely N-dealkylation sites (N-methyl/N-ethyl adjacent to an activating group) is 1. The molecule has 2 rings (SSSR count). The van der Waals surface area contributed by atoms with Crippen molar-refractivity contribution < 1.29 is 5.11 Å². The van der Waals surface area contributed by atoms with Gasteiger partial charge in [-0.25, -0.2) is 0 Å². The van der Waals surface area contributed by atoms with Crippen LogP contribution in [0.4, 0.5) is 5.69 Å². The molecule has 17 heavy (non-hydrogen) atoms. The molecular formula is C12H20N4O. The lowest BCUT2D eigenvalue weighted by atomic mass is 10.1. The van der Waals surface area contributed by atoms with E-state index in [-0.39, 0.29) is 12.6 Å². The topological polar surface area (TPSA) is 65.6 Å². The smallest absolute Gasteiger partial charge is 0.0625 e. The van der Waals surface area contributed by atoms with Crippen LogP contribution in [0, 0.1) is 0 Å². The van der Waals surface area contributed by atoms with Gasteiger partial charge in [0.15, 0.2) is 0 Å². The minimum Gasteiger partial charge on any atom is -0.394 e. The van der Waals surface area contributed by atoms with Crippen LogP contribution in [0.2, 0.25) is 0 Å². The van der Waals surface area contributed by atoms with E-state index in [0.717, 1.165) is 37.4 Å². The lowest BCUT2D eigenvalue weighted by Crippen LogP contribution is -2.45. The van der Waals surface area contributed by atoms with Gasteiger partial charge in [0.25, 0.3) is 0 Å². The van der Waals surface area contributed by atoms with Gasteiger partial charge in [0.2, 0.25) is 0 Å². The molecule has 0 amide bonds. The van der Waals surface area contributed by atoms with E-state index in [2.05, 4.69) is 21.8 Å². The minimum absolute atomic E-state index is 0.0492. The molecule has 1 fully saturated rings. The van der Waals surface area contributed by atoms with E-state index < -0.39 is 0 Å². The third-order valence-electron chi connectivity index (χ3n) is 3.27. The summed E-state index contributed by atoms with van der Waals surface area (Å²) >= 11 is 0. The third-order valence-corrected chi connectivity index (χ3v) is 3.27. The first kappa shape index (κ1) is 12.3. The van der Waals surface area contributed by atoms with Crippen molar-refractivity contribution in [1.82, 2.24) is 9.88 Å². The first-order valence-electron chi connectivity index (χ1n) is 5.96. The van der Waals surface area contributed by atoms with E-state index in [0.29, 0.717) is 0 Å². The van der Waals surface area contributed by atoms with Gasteiger partial charge >= 0.3 is 0 Å². The number of aliphatic hydroxyl groups excluding tert-OH is 1. The number of hydrogen-bond donors (Lipinski definition) is 2. The zero-order chi connectivity index (χ0) is 12.3. The van der Waals surface area contributed by atoms with Crippen LogP contribution < -0.4 is 10.6 Å². The first-order valence-corrected chi connectivity index (χ1v) is 5.96. The standard InChI is InChI=1S/C12H20N4O/c1-15-4-6-16(7-5-15)12-2-3-14-8-10(12)11(13)9-17/h2-3,8,11,17H,4-7,9,13H2,1H3. The van der Waals surface area contributed by atoms with Gasteiger partial charge < -0.3 is 20.6 Å². The Bertz CT molecular complexity index is 363. The van der Waals surface area contributed by atoms with Gasteiger partial charge in [0.05, 0.1) is 12.6 Å². The monoisotopic (exact) mass is 236 g/mol. The molecule has 0 aliphatic carbocycles. The van der Waals surface area contributed by atoms with Crippen molar-refractivity contribution in [3.05, 3.63) is 24.0 Å². The van der Waals surface area contributed by atoms with Crippen LogP contribution in [0.5, 0.6) is 0 Å². The second-order valence-electron chi connectivity index (χ2n) is 4.51. The number of anilines is 1. The average Bonchev–Trinajstić information content (AvgIpc) is 2.39. The summed E-state index contributed by atoms with van der Waals surface area (Å²) in [4.78, 5) is 8.72. The number of nitrogens with two attached hydrogens (primary N) is 1. The van der Waals surface area contributed by atoms with Crippen molar-refractivity contribution in [2.24, 2.45) is 5.73 Å². The van der Waals surface area contributed by atoms with Crippen molar-refractivity contribution in [2.75, 3.05) is 44.7 Å². The maximum atomic E-state index is 9.17. The Labute approximate surface area is 102 Å². The Balaban J connectivity index is 2.19. The molecule has 0 saturated carbocycles. The first-order chi connectivity index (χ1) is 8.22. The Kier molecular flexibility index (Phi) is 3.93. The van der Waals surface area contributed by atoms with E-state index >= 15 is 0 Å². The quantitative estimate of drug-likeness (QED) is 0.762. The lowest BCUT2D eigenvalue weighted by Gasteiger charge is -2.35. The highest BCUT2D eigenvalue weighted by molar-refractivity contribution is 5.54. The summed E-state index contributed by atoms with van der Waals surface area (Å²) < 4.78 is 0. The van der Waals surface area contributed by atoms with Gasteiger partial charge in [-0.05, 0) is 13.1 Å². The summed E-state index contributed by atoms with van der Waals surface area (Å²) in [6, 6.07) is 1.63. The van der Waals surface area contributed by atoms with Crippen molar-refractivity contribution in [3.8, 4) is 0 Å². The van der Waals surface area contributed by atoms with E-state index in [1.54, 1.807) is 12.4 Å². The highest BCUT2D eigenvalue weighted by Gasteiger charge is 2.19. The molecule has 0 radical (unpaired) electrons. The van der Waals surface area contributed by atoms with Crippen LogP contribution >= 0.6 is 0 Å². The van der Waals surface area contributed by atoms with Gasteiger partial charge in [-0.3, -0.25) is 4.98 Å². The normalized spacial score (nSPS) is 19.4. The predicted molar refractivity (Wildman–Crippen MR) is 68.0 cm³/mol. The largest absolute Gasteiger partial charge is 0.394 e. The molecule has 0 bridgehead atoms. The molecule has 1 saturated heterocycles. The van der Waals surface area contributed by atoms with Crippen molar-refractivity contribution in [2.45, 2.75) is 6.04 Å². The number of piperazine rings is 1. The van der Waals surface area contributed by atoms with E-state index in [9.17, 15) is 5.11 Å². The van der Waals surface area contributed by atoms with E-state index in [1.165, 1.54) is 0 Å². The van der Waals surface area contributed by atoms with Gasteiger partial charge in [0.1, 0.15) is 0 Å². The van der Waals surface area contributed by atoms with Gasteiger partial charge in [0, 0.05) is 49.8 Å². The van der Waals surface area contributed by atoms with Crippen LogP contribution in [0.3, 0.4) is 0 Å². The Morgan fingerprint density at radius 2 is 2.12 bits per heavy atom. The molecule has 0 spiro atoms. The number of pyridine rings is 1. The summed E-state index contributed by atoms with van der Waals surface area (Å²) in [5.41, 5.74) is 7.94. The molecule has 1 aliphatic heterocycles. The maximum absolute atomic E-state index is 9.17. The average molecular weight is 236 g/mol. The van der Waals surface area contributed by atoms with Crippen molar-refractivity contribution in [3.63, 3.8) is 0 Å². The summed E-state index contributed by atoms with van der Waals surface area (Å²) in [5.74, 6) is 0. The molecular weight excluding hydrogens is 216 g/mol. The molecule has 2 heterocycles. The summed E-state index contributed by atoms with van der Waals surface area (Å²) in [6.45, 7) is 4.04. The molecule has 3 N–H and O–H groups in total. The maximum Gasteiger partial charge on any atom is 0.0625 e. The van der Waals surface area contributed by atoms with E-state index in [1.807, 2.05) is 6.07 Å². The lowest BCUT2D eigenvalue weighted by molar-refractivity contribution is 0.267. The van der Waals surface area contributed by atoms with Crippen LogP contribution in [-0.2, 0) is 0 Å². The fourth-order valence-electron chi connectivity index (χ4n) is 2.12. The summed E-state index contributed by atoms with van der Waals surface area (Å²) in [7, 11) is 2.13. The Morgan fingerprint density at radius 3 is 2.76 bits per heavy atom. The highest BCUT2D eigenvalue weighted by atomic mass is 16.3. The van der Waals surface area contributed by atoms with Crippen LogP contribution in [0.15, 0.2) is 18.5 Å². The van der Waals surface area contributed by atoms with Crippen LogP contribution in [0.25, 0.3) is 0 Å². The zero-order valence-corrected chi connectivity index (χ0v) is 10.2. The molecule has 1 aromatic heterocycles. The molecule has 1 unspecified atom stereocenters. The number of nitrogens with zero attached hydrogens (tertiary/aromatic N) is 3. The Morgan fingerprint density at radius 1 is 1.41 bits per heavy atom. The third kappa shape index (κ3) is 2.74. The van der Waals surface area contributed by atoms with Gasteiger partial charge in [-0.15, -0.1) is 0 Å². The number of aromatic nitrogens is 1. The summed E-state index contributed by atoms with van der Waals surface area (Å²) in [5, 5.41) is 9.17. The second kappa shape index (κ2) is 5.44. The van der Waals surface area contributed by atoms with Gasteiger partial charge in [-0.1, -0.05) is 0 Å². The SMILES string of the molecule is CN1CCN(c2ccncc2C(N)CO)CC1. The molecule has 0 aromatic carbocycles. The number of aliphatic hydroxyl groups is 1. The van der Waals surface area contributed by atoms with Crippen LogP contribution in [-0.4, -0.2) is 54.8 Å². The van der Waals surface area contributed by atoms with Crippen molar-refractivity contribution >= 4 is 5.69 Å². The van der Waals surface area contributed by atoms with Gasteiger partial charge in [-0.2, -0.15) is 0 Å².